The van der Waals surface area contributed by atoms with Crippen LogP contribution < -0.4 is 10.6 Å². The molecule has 0 unspecified atom stereocenters. The third-order valence-corrected chi connectivity index (χ3v) is 4.87. The van der Waals surface area contributed by atoms with Gasteiger partial charge in [-0.3, -0.25) is 4.68 Å². The normalized spacial score (nSPS) is 13.0. The average Bonchev–Trinajstić information content (AvgIpc) is 3.15. The minimum Gasteiger partial charge on any atom is -0.334 e. The van der Waals surface area contributed by atoms with E-state index in [1.807, 2.05) is 18.5 Å². The molecule has 0 saturated heterocycles. The SMILES string of the molecule is CCn1nc(C)c(CNC(=O)NCc2ccc3c(c2)CCC3)c1C. The second kappa shape index (κ2) is 7.07. The monoisotopic (exact) mass is 326 g/mol. The Kier molecular flexibility index (Phi) is 4.88. The lowest BCUT2D eigenvalue weighted by atomic mass is 10.1. The zero-order chi connectivity index (χ0) is 17.1. The van der Waals surface area contributed by atoms with Gasteiger partial charge in [-0.1, -0.05) is 18.2 Å². The van der Waals surface area contributed by atoms with Gasteiger partial charge in [-0.2, -0.15) is 5.10 Å². The van der Waals surface area contributed by atoms with Gasteiger partial charge in [0, 0.05) is 30.9 Å². The van der Waals surface area contributed by atoms with Gasteiger partial charge < -0.3 is 10.6 Å². The maximum Gasteiger partial charge on any atom is 0.315 e. The van der Waals surface area contributed by atoms with Crippen LogP contribution in [0, 0.1) is 13.8 Å². The lowest BCUT2D eigenvalue weighted by Gasteiger charge is -2.09. The zero-order valence-corrected chi connectivity index (χ0v) is 14.8. The van der Waals surface area contributed by atoms with Crippen LogP contribution in [0.25, 0.3) is 0 Å². The molecule has 1 heterocycles. The fourth-order valence-electron chi connectivity index (χ4n) is 3.45. The van der Waals surface area contributed by atoms with Gasteiger partial charge in [0.1, 0.15) is 0 Å². The summed E-state index contributed by atoms with van der Waals surface area (Å²) in [5.74, 6) is 0. The molecule has 5 heteroatoms. The molecule has 0 spiro atoms. The lowest BCUT2D eigenvalue weighted by molar-refractivity contribution is 0.240. The molecule has 2 aromatic rings. The van der Waals surface area contributed by atoms with Crippen molar-refractivity contribution in [1.82, 2.24) is 20.4 Å². The summed E-state index contributed by atoms with van der Waals surface area (Å²) in [6, 6.07) is 6.40. The molecule has 1 aliphatic carbocycles. The Morgan fingerprint density at radius 1 is 1.17 bits per heavy atom. The first-order valence-electron chi connectivity index (χ1n) is 8.73. The number of carbonyl (C=O) groups is 1. The molecule has 3 rings (SSSR count). The highest BCUT2D eigenvalue weighted by Gasteiger charge is 2.13. The highest BCUT2D eigenvalue weighted by molar-refractivity contribution is 5.73. The van der Waals surface area contributed by atoms with E-state index in [-0.39, 0.29) is 6.03 Å². The van der Waals surface area contributed by atoms with E-state index in [4.69, 9.17) is 0 Å². The summed E-state index contributed by atoms with van der Waals surface area (Å²) in [5.41, 5.74) is 7.26. The van der Waals surface area contributed by atoms with Crippen molar-refractivity contribution in [1.29, 1.82) is 0 Å². The van der Waals surface area contributed by atoms with Gasteiger partial charge in [0.2, 0.25) is 0 Å². The van der Waals surface area contributed by atoms with Crippen LogP contribution in [0.2, 0.25) is 0 Å². The van der Waals surface area contributed by atoms with Gasteiger partial charge in [-0.05, 0) is 56.7 Å². The van der Waals surface area contributed by atoms with Crippen molar-refractivity contribution >= 4 is 6.03 Å². The summed E-state index contributed by atoms with van der Waals surface area (Å²) in [7, 11) is 0. The predicted molar refractivity (Wildman–Crippen MR) is 94.9 cm³/mol. The highest BCUT2D eigenvalue weighted by Crippen LogP contribution is 2.22. The standard InChI is InChI=1S/C19H26N4O/c1-4-23-14(3)18(13(2)22-23)12-21-19(24)20-11-15-8-9-16-6-5-7-17(16)10-15/h8-10H,4-7,11-12H2,1-3H3,(H2,20,21,24). The van der Waals surface area contributed by atoms with Crippen molar-refractivity contribution in [2.45, 2.75) is 59.7 Å². The molecule has 1 aromatic heterocycles. The molecule has 2 N–H and O–H groups in total. The summed E-state index contributed by atoms with van der Waals surface area (Å²) < 4.78 is 1.97. The highest BCUT2D eigenvalue weighted by atomic mass is 16.2. The molecule has 0 bridgehead atoms. The second-order valence-corrected chi connectivity index (χ2v) is 6.46. The molecule has 0 aliphatic heterocycles. The topological polar surface area (TPSA) is 59.0 Å². The molecule has 0 radical (unpaired) electrons. The number of benzene rings is 1. The van der Waals surface area contributed by atoms with Gasteiger partial charge in [0.05, 0.1) is 5.69 Å². The average molecular weight is 326 g/mol. The third-order valence-electron chi connectivity index (χ3n) is 4.87. The van der Waals surface area contributed by atoms with Crippen molar-refractivity contribution in [3.05, 3.63) is 51.8 Å². The molecule has 5 nitrogen and oxygen atoms in total. The maximum absolute atomic E-state index is 12.1. The minimum atomic E-state index is -0.140. The zero-order valence-electron chi connectivity index (χ0n) is 14.8. The lowest BCUT2D eigenvalue weighted by Crippen LogP contribution is -2.34. The number of amides is 2. The van der Waals surface area contributed by atoms with Crippen LogP contribution in [-0.4, -0.2) is 15.8 Å². The number of carbonyl (C=O) groups excluding carboxylic acids is 1. The van der Waals surface area contributed by atoms with Crippen LogP contribution in [0.1, 0.15) is 47.0 Å². The first-order chi connectivity index (χ1) is 11.6. The quantitative estimate of drug-likeness (QED) is 0.887. The summed E-state index contributed by atoms with van der Waals surface area (Å²) >= 11 is 0. The Morgan fingerprint density at radius 3 is 2.67 bits per heavy atom. The summed E-state index contributed by atoms with van der Waals surface area (Å²) in [4.78, 5) is 12.1. The van der Waals surface area contributed by atoms with Crippen LogP contribution in [0.3, 0.4) is 0 Å². The number of hydrogen-bond donors (Lipinski definition) is 2. The number of hydrogen-bond acceptors (Lipinski definition) is 2. The molecule has 0 fully saturated rings. The summed E-state index contributed by atoms with van der Waals surface area (Å²) in [6.45, 7) is 8.01. The Hall–Kier alpha value is -2.30. The molecule has 0 saturated carbocycles. The van der Waals surface area contributed by atoms with E-state index in [2.05, 4.69) is 40.9 Å². The van der Waals surface area contributed by atoms with Crippen LogP contribution in [0.15, 0.2) is 18.2 Å². The summed E-state index contributed by atoms with van der Waals surface area (Å²) in [5, 5.41) is 10.4. The Morgan fingerprint density at radius 2 is 1.92 bits per heavy atom. The van der Waals surface area contributed by atoms with Crippen molar-refractivity contribution in [2.24, 2.45) is 0 Å². The molecule has 128 valence electrons. The van der Waals surface area contributed by atoms with E-state index in [9.17, 15) is 4.79 Å². The number of nitrogens with zero attached hydrogens (tertiary/aromatic N) is 2. The van der Waals surface area contributed by atoms with Crippen molar-refractivity contribution in [3.8, 4) is 0 Å². The van der Waals surface area contributed by atoms with Gasteiger partial charge in [0.25, 0.3) is 0 Å². The Labute approximate surface area is 143 Å². The molecular formula is C19H26N4O. The van der Waals surface area contributed by atoms with Gasteiger partial charge in [-0.15, -0.1) is 0 Å². The van der Waals surface area contributed by atoms with Gasteiger partial charge in [-0.25, -0.2) is 4.79 Å². The number of rotatable bonds is 5. The van der Waals surface area contributed by atoms with E-state index in [1.54, 1.807) is 0 Å². The minimum absolute atomic E-state index is 0.140. The number of nitrogens with one attached hydrogen (secondary N) is 2. The third kappa shape index (κ3) is 3.45. The molecular weight excluding hydrogens is 300 g/mol. The maximum atomic E-state index is 12.1. The first-order valence-corrected chi connectivity index (χ1v) is 8.73. The fourth-order valence-corrected chi connectivity index (χ4v) is 3.45. The summed E-state index contributed by atoms with van der Waals surface area (Å²) in [6.07, 6.45) is 3.60. The molecule has 1 aromatic carbocycles. The number of fused-ring (bicyclic) bond motifs is 1. The van der Waals surface area contributed by atoms with E-state index in [1.165, 1.54) is 24.0 Å². The molecule has 2 amide bonds. The molecule has 24 heavy (non-hydrogen) atoms. The number of aromatic nitrogens is 2. The number of aryl methyl sites for hydroxylation is 4. The van der Waals surface area contributed by atoms with Gasteiger partial charge >= 0.3 is 6.03 Å². The number of urea groups is 1. The van der Waals surface area contributed by atoms with Crippen LogP contribution >= 0.6 is 0 Å². The van der Waals surface area contributed by atoms with E-state index >= 15 is 0 Å². The molecule has 0 atom stereocenters. The smallest absolute Gasteiger partial charge is 0.315 e. The predicted octanol–water partition coefficient (Wildman–Crippen LogP) is 3.01. The Bertz CT molecular complexity index is 748. The van der Waals surface area contributed by atoms with Crippen molar-refractivity contribution < 1.29 is 4.79 Å². The van der Waals surface area contributed by atoms with Crippen LogP contribution in [0.5, 0.6) is 0 Å². The van der Waals surface area contributed by atoms with E-state index in [0.29, 0.717) is 13.1 Å². The van der Waals surface area contributed by atoms with Crippen LogP contribution in [0.4, 0.5) is 4.79 Å². The largest absolute Gasteiger partial charge is 0.334 e. The molecule has 1 aliphatic rings. The van der Waals surface area contributed by atoms with Crippen molar-refractivity contribution in [3.63, 3.8) is 0 Å². The first kappa shape index (κ1) is 16.6. The Balaban J connectivity index is 1.52. The van der Waals surface area contributed by atoms with Crippen molar-refractivity contribution in [2.75, 3.05) is 0 Å². The fraction of sp³-hybridized carbons (Fsp3) is 0.474. The van der Waals surface area contributed by atoms with Gasteiger partial charge in [0.15, 0.2) is 0 Å². The van der Waals surface area contributed by atoms with E-state index in [0.717, 1.165) is 35.5 Å². The second-order valence-electron chi connectivity index (χ2n) is 6.46. The van der Waals surface area contributed by atoms with Crippen LogP contribution in [-0.2, 0) is 32.5 Å². The van der Waals surface area contributed by atoms with E-state index < -0.39 is 0 Å².